The third-order valence-electron chi connectivity index (χ3n) is 2.94. The standard InChI is InChI=1S/C13H12BrNO3S/c14-9-3-4-19-12(9)13(16)15-6-8-1-2-10-11(5-8)18-7-17-10/h1-5,9,12H,6-7H2,(H,15,16)/t9-,12?/m0/s1. The highest BCUT2D eigenvalue weighted by molar-refractivity contribution is 9.09. The van der Waals surface area contributed by atoms with Gasteiger partial charge in [-0.25, -0.2) is 0 Å². The summed E-state index contributed by atoms with van der Waals surface area (Å²) in [5.74, 6) is 1.53. The Morgan fingerprint density at radius 2 is 2.26 bits per heavy atom. The van der Waals surface area contributed by atoms with E-state index in [1.165, 1.54) is 11.8 Å². The number of thioether (sulfide) groups is 1. The Labute approximate surface area is 123 Å². The van der Waals surface area contributed by atoms with Crippen molar-refractivity contribution in [2.75, 3.05) is 6.79 Å². The monoisotopic (exact) mass is 341 g/mol. The molecule has 100 valence electrons. The molecule has 2 aliphatic rings. The summed E-state index contributed by atoms with van der Waals surface area (Å²) in [6, 6.07) is 5.69. The first-order valence-electron chi connectivity index (χ1n) is 5.86. The molecule has 2 aliphatic heterocycles. The number of amides is 1. The minimum atomic E-state index is -0.0889. The van der Waals surface area contributed by atoms with Gasteiger partial charge in [-0.15, -0.1) is 11.8 Å². The first-order chi connectivity index (χ1) is 9.24. The maximum absolute atomic E-state index is 12.0. The zero-order valence-corrected chi connectivity index (χ0v) is 12.4. The van der Waals surface area contributed by atoms with Crippen LogP contribution in [-0.4, -0.2) is 22.8 Å². The van der Waals surface area contributed by atoms with E-state index in [9.17, 15) is 4.79 Å². The van der Waals surface area contributed by atoms with Gasteiger partial charge in [-0.05, 0) is 23.1 Å². The Balaban J connectivity index is 1.59. The van der Waals surface area contributed by atoms with Gasteiger partial charge in [0.05, 0.1) is 4.83 Å². The summed E-state index contributed by atoms with van der Waals surface area (Å²) >= 11 is 5.00. The van der Waals surface area contributed by atoms with E-state index in [1.54, 1.807) is 0 Å². The molecule has 0 aliphatic carbocycles. The predicted octanol–water partition coefficient (Wildman–Crippen LogP) is 2.42. The van der Waals surface area contributed by atoms with Gasteiger partial charge in [0, 0.05) is 6.54 Å². The highest BCUT2D eigenvalue weighted by Gasteiger charge is 2.28. The maximum Gasteiger partial charge on any atom is 0.235 e. The fraction of sp³-hybridized carbons (Fsp3) is 0.308. The molecule has 1 aromatic rings. The van der Waals surface area contributed by atoms with Gasteiger partial charge in [0.15, 0.2) is 11.5 Å². The molecular formula is C13H12BrNO3S. The molecular weight excluding hydrogens is 330 g/mol. The number of fused-ring (bicyclic) bond motifs is 1. The number of hydrogen-bond donors (Lipinski definition) is 1. The van der Waals surface area contributed by atoms with Gasteiger partial charge in [0.25, 0.3) is 0 Å². The lowest BCUT2D eigenvalue weighted by atomic mass is 10.2. The fourth-order valence-electron chi connectivity index (χ4n) is 1.93. The third-order valence-corrected chi connectivity index (χ3v) is 5.24. The summed E-state index contributed by atoms with van der Waals surface area (Å²) in [6.07, 6.45) is 1.98. The van der Waals surface area contributed by atoms with Crippen molar-refractivity contribution in [2.24, 2.45) is 0 Å². The van der Waals surface area contributed by atoms with Crippen LogP contribution in [0.5, 0.6) is 11.5 Å². The molecule has 2 atom stereocenters. The lowest BCUT2D eigenvalue weighted by Crippen LogP contribution is -2.35. The van der Waals surface area contributed by atoms with Crippen molar-refractivity contribution in [3.63, 3.8) is 0 Å². The van der Waals surface area contributed by atoms with Crippen molar-refractivity contribution in [3.8, 4) is 11.5 Å². The molecule has 0 fully saturated rings. The second kappa shape index (κ2) is 5.46. The van der Waals surface area contributed by atoms with Crippen molar-refractivity contribution in [2.45, 2.75) is 16.6 Å². The van der Waals surface area contributed by atoms with Crippen molar-refractivity contribution in [3.05, 3.63) is 35.2 Å². The number of allylic oxidation sites excluding steroid dienone is 1. The summed E-state index contributed by atoms with van der Waals surface area (Å²) < 4.78 is 10.6. The molecule has 0 saturated carbocycles. The van der Waals surface area contributed by atoms with E-state index >= 15 is 0 Å². The molecule has 1 unspecified atom stereocenters. The Morgan fingerprint density at radius 3 is 3.05 bits per heavy atom. The maximum atomic E-state index is 12.0. The van der Waals surface area contributed by atoms with Crippen LogP contribution < -0.4 is 14.8 Å². The Bertz CT molecular complexity index is 535. The van der Waals surface area contributed by atoms with Crippen LogP contribution in [0, 0.1) is 0 Å². The van der Waals surface area contributed by atoms with E-state index in [0.717, 1.165) is 17.1 Å². The molecule has 0 aromatic heterocycles. The smallest absolute Gasteiger partial charge is 0.235 e. The van der Waals surface area contributed by atoms with Gasteiger partial charge < -0.3 is 14.8 Å². The summed E-state index contributed by atoms with van der Waals surface area (Å²) in [5.41, 5.74) is 1.000. The summed E-state index contributed by atoms with van der Waals surface area (Å²) in [4.78, 5) is 12.1. The van der Waals surface area contributed by atoms with Crippen LogP contribution in [0.2, 0.25) is 0 Å². The molecule has 0 radical (unpaired) electrons. The molecule has 2 heterocycles. The average Bonchev–Trinajstić information content (AvgIpc) is 3.03. The van der Waals surface area contributed by atoms with E-state index in [1.807, 2.05) is 29.7 Å². The minimum absolute atomic E-state index is 0.0366. The molecule has 19 heavy (non-hydrogen) atoms. The lowest BCUT2D eigenvalue weighted by molar-refractivity contribution is -0.120. The van der Waals surface area contributed by atoms with Gasteiger partial charge in [-0.1, -0.05) is 28.1 Å². The van der Waals surface area contributed by atoms with Crippen LogP contribution >= 0.6 is 27.7 Å². The summed E-state index contributed by atoms with van der Waals surface area (Å²) in [7, 11) is 0. The van der Waals surface area contributed by atoms with Gasteiger partial charge >= 0.3 is 0 Å². The quantitative estimate of drug-likeness (QED) is 0.857. The largest absolute Gasteiger partial charge is 0.454 e. The normalized spacial score (nSPS) is 23.6. The minimum Gasteiger partial charge on any atom is -0.454 e. The molecule has 6 heteroatoms. The number of alkyl halides is 1. The van der Waals surface area contributed by atoms with E-state index in [2.05, 4.69) is 21.2 Å². The lowest BCUT2D eigenvalue weighted by Gasteiger charge is -2.13. The second-order valence-corrected chi connectivity index (χ2v) is 6.34. The van der Waals surface area contributed by atoms with Crippen molar-refractivity contribution in [1.82, 2.24) is 5.32 Å². The van der Waals surface area contributed by atoms with Crippen LogP contribution in [0.3, 0.4) is 0 Å². The first kappa shape index (κ1) is 12.9. The molecule has 1 N–H and O–H groups in total. The second-order valence-electron chi connectivity index (χ2n) is 4.24. The number of nitrogens with one attached hydrogen (secondary N) is 1. The summed E-state index contributed by atoms with van der Waals surface area (Å²) in [5, 5.41) is 4.80. The van der Waals surface area contributed by atoms with Crippen LogP contribution in [0.1, 0.15) is 5.56 Å². The number of rotatable bonds is 3. The number of benzene rings is 1. The number of carbonyl (C=O) groups is 1. The molecule has 0 spiro atoms. The zero-order valence-electron chi connectivity index (χ0n) is 9.97. The fourth-order valence-corrected chi connectivity index (χ4v) is 3.77. The highest BCUT2D eigenvalue weighted by atomic mass is 79.9. The van der Waals surface area contributed by atoms with E-state index in [-0.39, 0.29) is 22.8 Å². The van der Waals surface area contributed by atoms with E-state index < -0.39 is 0 Å². The molecule has 4 nitrogen and oxygen atoms in total. The van der Waals surface area contributed by atoms with Crippen molar-refractivity contribution in [1.29, 1.82) is 0 Å². The molecule has 1 aromatic carbocycles. The SMILES string of the molecule is O=C(NCc1ccc2c(c1)OCO2)C1SC=C[C@@H]1Br. The molecule has 3 rings (SSSR count). The predicted molar refractivity (Wildman–Crippen MR) is 77.6 cm³/mol. The Kier molecular flexibility index (Phi) is 3.70. The van der Waals surface area contributed by atoms with Gasteiger partial charge in [0.1, 0.15) is 5.25 Å². The molecule has 0 bridgehead atoms. The number of ether oxygens (including phenoxy) is 2. The van der Waals surface area contributed by atoms with Crippen LogP contribution in [0.15, 0.2) is 29.7 Å². The molecule has 0 saturated heterocycles. The first-order valence-corrected chi connectivity index (χ1v) is 7.72. The highest BCUT2D eigenvalue weighted by Crippen LogP contribution is 2.33. The number of hydrogen-bond acceptors (Lipinski definition) is 4. The Morgan fingerprint density at radius 1 is 1.42 bits per heavy atom. The number of carbonyl (C=O) groups excluding carboxylic acids is 1. The van der Waals surface area contributed by atoms with Gasteiger partial charge in [0.2, 0.25) is 12.7 Å². The van der Waals surface area contributed by atoms with Crippen LogP contribution in [-0.2, 0) is 11.3 Å². The molecule has 1 amide bonds. The zero-order chi connectivity index (χ0) is 13.2. The Hall–Kier alpha value is -1.14. The van der Waals surface area contributed by atoms with Crippen LogP contribution in [0.4, 0.5) is 0 Å². The topological polar surface area (TPSA) is 47.6 Å². The van der Waals surface area contributed by atoms with E-state index in [4.69, 9.17) is 9.47 Å². The van der Waals surface area contributed by atoms with Crippen LogP contribution in [0.25, 0.3) is 0 Å². The van der Waals surface area contributed by atoms with Gasteiger partial charge in [-0.2, -0.15) is 0 Å². The van der Waals surface area contributed by atoms with E-state index in [0.29, 0.717) is 6.54 Å². The van der Waals surface area contributed by atoms with Crippen molar-refractivity contribution < 1.29 is 14.3 Å². The van der Waals surface area contributed by atoms with Crippen molar-refractivity contribution >= 4 is 33.6 Å². The number of halogens is 1. The third kappa shape index (κ3) is 2.74. The average molecular weight is 342 g/mol. The summed E-state index contributed by atoms with van der Waals surface area (Å²) in [6.45, 7) is 0.757. The van der Waals surface area contributed by atoms with Gasteiger partial charge in [-0.3, -0.25) is 4.79 Å².